The van der Waals surface area contributed by atoms with E-state index < -0.39 is 41.0 Å². The number of H-pyrrole nitrogens is 1. The van der Waals surface area contributed by atoms with E-state index in [4.69, 9.17) is 0 Å². The molecule has 0 aliphatic carbocycles. The van der Waals surface area contributed by atoms with E-state index in [2.05, 4.69) is 9.97 Å². The minimum atomic E-state index is -5.06. The Bertz CT molecular complexity index is 1250. The molecular formula is C24H22F6N4O2. The zero-order chi connectivity index (χ0) is 26.3. The van der Waals surface area contributed by atoms with E-state index in [-0.39, 0.29) is 44.4 Å². The molecule has 0 saturated carbocycles. The van der Waals surface area contributed by atoms with Crippen LogP contribution in [0, 0.1) is 0 Å². The van der Waals surface area contributed by atoms with Crippen molar-refractivity contribution < 1.29 is 35.9 Å². The highest BCUT2D eigenvalue weighted by atomic mass is 19.4. The lowest BCUT2D eigenvalue weighted by atomic mass is 9.99. The summed E-state index contributed by atoms with van der Waals surface area (Å²) in [5, 5.41) is 0.784. The number of pyridine rings is 1. The number of nitrogens with one attached hydrogen (secondary N) is 1. The van der Waals surface area contributed by atoms with E-state index in [0.717, 1.165) is 10.9 Å². The van der Waals surface area contributed by atoms with E-state index in [1.165, 1.54) is 11.8 Å². The Hall–Kier alpha value is -3.41. The van der Waals surface area contributed by atoms with Gasteiger partial charge in [-0.15, -0.1) is 0 Å². The van der Waals surface area contributed by atoms with Gasteiger partial charge in [0.1, 0.15) is 11.4 Å². The number of carbonyl (C=O) groups excluding carboxylic acids is 2. The third-order valence-corrected chi connectivity index (χ3v) is 6.10. The van der Waals surface area contributed by atoms with Crippen LogP contribution < -0.4 is 0 Å². The van der Waals surface area contributed by atoms with Gasteiger partial charge < -0.3 is 9.88 Å². The predicted molar refractivity (Wildman–Crippen MR) is 118 cm³/mol. The van der Waals surface area contributed by atoms with E-state index in [1.807, 2.05) is 11.0 Å². The molecule has 1 aliphatic rings. The second-order valence-electron chi connectivity index (χ2n) is 8.80. The Morgan fingerprint density at radius 2 is 1.72 bits per heavy atom. The number of ketones is 1. The van der Waals surface area contributed by atoms with Gasteiger partial charge in [-0.1, -0.05) is 0 Å². The Kier molecular flexibility index (Phi) is 6.82. The van der Waals surface area contributed by atoms with Crippen molar-refractivity contribution in [1.29, 1.82) is 0 Å². The number of hydrogen-bond donors (Lipinski definition) is 1. The van der Waals surface area contributed by atoms with Gasteiger partial charge >= 0.3 is 12.4 Å². The molecule has 1 fully saturated rings. The molecule has 1 saturated heterocycles. The number of nitrogens with zero attached hydrogens (tertiary/aromatic N) is 3. The van der Waals surface area contributed by atoms with Gasteiger partial charge in [0.25, 0.3) is 5.91 Å². The van der Waals surface area contributed by atoms with Crippen molar-refractivity contribution >= 4 is 22.7 Å². The molecule has 1 amide bonds. The summed E-state index contributed by atoms with van der Waals surface area (Å²) >= 11 is 0. The Morgan fingerprint density at radius 1 is 1.06 bits per heavy atom. The van der Waals surface area contributed by atoms with Crippen LogP contribution in [0.4, 0.5) is 26.3 Å². The third-order valence-electron chi connectivity index (χ3n) is 6.10. The summed E-state index contributed by atoms with van der Waals surface area (Å²) in [6.07, 6.45) is -6.56. The number of aromatic amines is 1. The highest BCUT2D eigenvalue weighted by Gasteiger charge is 2.39. The van der Waals surface area contributed by atoms with E-state index in [9.17, 15) is 35.9 Å². The number of amides is 1. The summed E-state index contributed by atoms with van der Waals surface area (Å²) in [5.74, 6) is -1.03. The molecule has 4 rings (SSSR count). The van der Waals surface area contributed by atoms with Crippen molar-refractivity contribution in [3.05, 3.63) is 65.0 Å². The summed E-state index contributed by atoms with van der Waals surface area (Å²) in [7, 11) is 0. The predicted octanol–water partition coefficient (Wildman–Crippen LogP) is 4.56. The Morgan fingerprint density at radius 3 is 2.33 bits per heavy atom. The van der Waals surface area contributed by atoms with Crippen molar-refractivity contribution in [3.63, 3.8) is 0 Å². The monoisotopic (exact) mass is 512 g/mol. The van der Waals surface area contributed by atoms with Crippen LogP contribution in [-0.2, 0) is 23.6 Å². The van der Waals surface area contributed by atoms with Crippen LogP contribution in [0.2, 0.25) is 0 Å². The van der Waals surface area contributed by atoms with E-state index >= 15 is 0 Å². The molecule has 0 spiro atoms. The smallest absolute Gasteiger partial charge is 0.346 e. The summed E-state index contributed by atoms with van der Waals surface area (Å²) < 4.78 is 80.1. The van der Waals surface area contributed by atoms with Crippen molar-refractivity contribution in [2.24, 2.45) is 0 Å². The van der Waals surface area contributed by atoms with Gasteiger partial charge in [-0.2, -0.15) is 26.3 Å². The number of halogens is 6. The largest absolute Gasteiger partial charge is 0.416 e. The molecule has 1 aromatic carbocycles. The molecule has 6 nitrogen and oxygen atoms in total. The molecule has 3 heterocycles. The third kappa shape index (κ3) is 5.53. The van der Waals surface area contributed by atoms with Gasteiger partial charge in [0.2, 0.25) is 0 Å². The van der Waals surface area contributed by atoms with Gasteiger partial charge in [0.15, 0.2) is 0 Å². The van der Waals surface area contributed by atoms with Crippen LogP contribution in [0.1, 0.15) is 34.0 Å². The molecule has 0 radical (unpaired) electrons. The maximum absolute atomic E-state index is 13.4. The molecule has 1 aliphatic heterocycles. The fourth-order valence-electron chi connectivity index (χ4n) is 4.50. The number of piperazine rings is 1. The van der Waals surface area contributed by atoms with Gasteiger partial charge in [-0.3, -0.25) is 14.5 Å². The number of aromatic nitrogens is 2. The Balaban J connectivity index is 1.70. The highest BCUT2D eigenvalue weighted by molar-refractivity contribution is 5.95. The number of carbonyl (C=O) groups is 2. The van der Waals surface area contributed by atoms with Gasteiger partial charge in [-0.05, 0) is 49.2 Å². The van der Waals surface area contributed by atoms with Crippen molar-refractivity contribution in [3.8, 4) is 0 Å². The molecule has 3 aromatic rings. The minimum Gasteiger partial charge on any atom is -0.346 e. The number of fused-ring (bicyclic) bond motifs is 1. The second-order valence-corrected chi connectivity index (χ2v) is 8.80. The molecule has 12 heteroatoms. The van der Waals surface area contributed by atoms with Gasteiger partial charge in [0.05, 0.1) is 17.7 Å². The summed E-state index contributed by atoms with van der Waals surface area (Å²) in [6, 6.07) is 3.84. The first-order valence-corrected chi connectivity index (χ1v) is 11.1. The molecule has 0 bridgehead atoms. The molecule has 1 atom stereocenters. The van der Waals surface area contributed by atoms with Crippen LogP contribution in [0.5, 0.6) is 0 Å². The zero-order valence-corrected chi connectivity index (χ0v) is 19.1. The fourth-order valence-corrected chi connectivity index (χ4v) is 4.50. The summed E-state index contributed by atoms with van der Waals surface area (Å²) in [4.78, 5) is 35.4. The SMILES string of the molecule is CC(=O)CN1CCN(C(=O)c2cc(C(F)(F)F)cc(C(F)(F)F)c2)C(Cc2c[nH]c3ncccc23)C1. The summed E-state index contributed by atoms with van der Waals surface area (Å²) in [6.45, 7) is 2.05. The molecule has 2 aromatic heterocycles. The Labute approximate surface area is 201 Å². The lowest BCUT2D eigenvalue weighted by Gasteiger charge is -2.41. The average Bonchev–Trinajstić information content (AvgIpc) is 3.20. The number of Topliss-reactive ketones (excluding diaryl/α,β-unsaturated/α-hetero) is 1. The standard InChI is InChI=1S/C24H22F6N4O2/c1-14(35)12-33-5-6-34(19(13-33)9-16-11-32-21-20(16)3-2-4-31-21)22(36)15-7-17(23(25,26)27)10-18(8-15)24(28,29)30/h2-4,7-8,10-11,19H,5-6,9,12-13H2,1H3,(H,31,32). The fraction of sp³-hybridized carbons (Fsp3) is 0.375. The second kappa shape index (κ2) is 9.57. The van der Waals surface area contributed by atoms with Crippen LogP contribution >= 0.6 is 0 Å². The topological polar surface area (TPSA) is 69.3 Å². The number of rotatable bonds is 5. The summed E-state index contributed by atoms with van der Waals surface area (Å²) in [5.41, 5.74) is -2.40. The number of benzene rings is 1. The normalized spacial score (nSPS) is 17.5. The van der Waals surface area contributed by atoms with Crippen LogP contribution in [0.15, 0.2) is 42.7 Å². The van der Waals surface area contributed by atoms with Gasteiger partial charge in [-0.25, -0.2) is 4.98 Å². The number of hydrogen-bond acceptors (Lipinski definition) is 4. The first-order valence-electron chi connectivity index (χ1n) is 11.1. The molecule has 36 heavy (non-hydrogen) atoms. The quantitative estimate of drug-likeness (QED) is 0.509. The molecule has 1 unspecified atom stereocenters. The van der Waals surface area contributed by atoms with Crippen molar-refractivity contribution in [2.45, 2.75) is 31.7 Å². The van der Waals surface area contributed by atoms with Gasteiger partial charge in [0, 0.05) is 49.0 Å². The van der Waals surface area contributed by atoms with Crippen molar-refractivity contribution in [1.82, 2.24) is 19.8 Å². The first kappa shape index (κ1) is 25.7. The minimum absolute atomic E-state index is 0.00198. The van der Waals surface area contributed by atoms with Crippen LogP contribution in [0.3, 0.4) is 0 Å². The average molecular weight is 512 g/mol. The van der Waals surface area contributed by atoms with Crippen molar-refractivity contribution in [2.75, 3.05) is 26.2 Å². The molecule has 192 valence electrons. The maximum atomic E-state index is 13.4. The van der Waals surface area contributed by atoms with Crippen LogP contribution in [0.25, 0.3) is 11.0 Å². The lowest BCUT2D eigenvalue weighted by molar-refractivity contribution is -0.143. The zero-order valence-electron chi connectivity index (χ0n) is 19.1. The van der Waals surface area contributed by atoms with E-state index in [1.54, 1.807) is 18.5 Å². The van der Waals surface area contributed by atoms with E-state index in [0.29, 0.717) is 17.8 Å². The lowest BCUT2D eigenvalue weighted by Crippen LogP contribution is -2.56. The highest BCUT2D eigenvalue weighted by Crippen LogP contribution is 2.37. The van der Waals surface area contributed by atoms with Crippen LogP contribution in [-0.4, -0.2) is 63.7 Å². The first-order chi connectivity index (χ1) is 16.8. The maximum Gasteiger partial charge on any atom is 0.416 e. The number of alkyl halides is 6. The molecule has 1 N–H and O–H groups in total. The molecular weight excluding hydrogens is 490 g/mol.